The maximum Gasteiger partial charge on any atom is 0.216 e. The van der Waals surface area contributed by atoms with Gasteiger partial charge in [-0.15, -0.1) is 0 Å². The fourth-order valence-corrected chi connectivity index (χ4v) is 2.41. The molecule has 2 aromatic carbocycles. The number of nitrogens with zero attached hydrogens (tertiary/aromatic N) is 1. The zero-order valence-electron chi connectivity index (χ0n) is 12.6. The monoisotopic (exact) mass is 281 g/mol. The van der Waals surface area contributed by atoms with Crippen LogP contribution in [0, 0.1) is 0 Å². The SMILES string of the molecule is COc1cc(C2=NC(C)(C)CO2)ccc1-c1ccccc1. The van der Waals surface area contributed by atoms with Gasteiger partial charge < -0.3 is 9.47 Å². The molecule has 0 aliphatic carbocycles. The lowest BCUT2D eigenvalue weighted by atomic mass is 10.0. The van der Waals surface area contributed by atoms with Crippen molar-refractivity contribution in [3.05, 3.63) is 54.1 Å². The zero-order valence-corrected chi connectivity index (χ0v) is 12.6. The minimum absolute atomic E-state index is 0.152. The summed E-state index contributed by atoms with van der Waals surface area (Å²) in [6.45, 7) is 4.75. The summed E-state index contributed by atoms with van der Waals surface area (Å²) < 4.78 is 11.2. The van der Waals surface area contributed by atoms with Gasteiger partial charge >= 0.3 is 0 Å². The molecule has 1 aliphatic heterocycles. The summed E-state index contributed by atoms with van der Waals surface area (Å²) in [5.41, 5.74) is 3.01. The Morgan fingerprint density at radius 1 is 1.05 bits per heavy atom. The molecule has 0 amide bonds. The van der Waals surface area contributed by atoms with Crippen molar-refractivity contribution in [2.24, 2.45) is 4.99 Å². The summed E-state index contributed by atoms with van der Waals surface area (Å²) in [5.74, 6) is 1.52. The van der Waals surface area contributed by atoms with Gasteiger partial charge in [-0.1, -0.05) is 30.3 Å². The first-order valence-corrected chi connectivity index (χ1v) is 7.05. The second-order valence-corrected chi connectivity index (χ2v) is 5.80. The minimum Gasteiger partial charge on any atom is -0.496 e. The van der Waals surface area contributed by atoms with E-state index in [1.807, 2.05) is 30.3 Å². The van der Waals surface area contributed by atoms with Crippen LogP contribution in [0.15, 0.2) is 53.5 Å². The van der Waals surface area contributed by atoms with Gasteiger partial charge in [-0.3, -0.25) is 0 Å². The van der Waals surface area contributed by atoms with Crippen molar-refractivity contribution in [3.8, 4) is 16.9 Å². The molecule has 0 N–H and O–H groups in total. The van der Waals surface area contributed by atoms with Crippen LogP contribution in [0.1, 0.15) is 19.4 Å². The zero-order chi connectivity index (χ0) is 14.9. The predicted octanol–water partition coefficient (Wildman–Crippen LogP) is 3.92. The Labute approximate surface area is 125 Å². The molecule has 3 heteroatoms. The van der Waals surface area contributed by atoms with Crippen molar-refractivity contribution in [3.63, 3.8) is 0 Å². The fraction of sp³-hybridized carbons (Fsp3) is 0.278. The second kappa shape index (κ2) is 5.24. The molecule has 1 heterocycles. The summed E-state index contributed by atoms with van der Waals surface area (Å²) in [6.07, 6.45) is 0. The molecule has 3 rings (SSSR count). The molecule has 0 bridgehead atoms. The predicted molar refractivity (Wildman–Crippen MR) is 85.0 cm³/mol. The summed E-state index contributed by atoms with van der Waals surface area (Å²) in [5, 5.41) is 0. The second-order valence-electron chi connectivity index (χ2n) is 5.80. The highest BCUT2D eigenvalue weighted by atomic mass is 16.5. The molecular formula is C18H19NO2. The molecule has 0 fully saturated rings. The third-order valence-corrected chi connectivity index (χ3v) is 3.50. The van der Waals surface area contributed by atoms with Gasteiger partial charge in [0.15, 0.2) is 0 Å². The van der Waals surface area contributed by atoms with E-state index in [0.29, 0.717) is 12.5 Å². The first kappa shape index (κ1) is 13.7. The third kappa shape index (κ3) is 2.77. The van der Waals surface area contributed by atoms with Gasteiger partial charge in [0.1, 0.15) is 12.4 Å². The van der Waals surface area contributed by atoms with Crippen LogP contribution >= 0.6 is 0 Å². The molecule has 0 radical (unpaired) electrons. The average molecular weight is 281 g/mol. The highest BCUT2D eigenvalue weighted by molar-refractivity contribution is 5.96. The fourth-order valence-electron chi connectivity index (χ4n) is 2.41. The number of benzene rings is 2. The van der Waals surface area contributed by atoms with Crippen LogP contribution in [-0.2, 0) is 4.74 Å². The Bertz CT molecular complexity index is 675. The topological polar surface area (TPSA) is 30.8 Å². The lowest BCUT2D eigenvalue weighted by Crippen LogP contribution is -2.17. The molecule has 0 atom stereocenters. The van der Waals surface area contributed by atoms with Gasteiger partial charge in [0, 0.05) is 11.1 Å². The quantitative estimate of drug-likeness (QED) is 0.853. The van der Waals surface area contributed by atoms with E-state index in [1.165, 1.54) is 0 Å². The van der Waals surface area contributed by atoms with Crippen LogP contribution in [0.25, 0.3) is 11.1 Å². The van der Waals surface area contributed by atoms with Gasteiger partial charge in [0.25, 0.3) is 0 Å². The molecular weight excluding hydrogens is 262 g/mol. The molecule has 0 saturated heterocycles. The number of rotatable bonds is 3. The maximum absolute atomic E-state index is 5.69. The number of methoxy groups -OCH3 is 1. The molecule has 1 aliphatic rings. The van der Waals surface area contributed by atoms with E-state index in [-0.39, 0.29) is 5.54 Å². The van der Waals surface area contributed by atoms with E-state index >= 15 is 0 Å². The number of aliphatic imine (C=N–C) groups is 1. The summed E-state index contributed by atoms with van der Waals surface area (Å²) in [4.78, 5) is 4.61. The van der Waals surface area contributed by atoms with Crippen LogP contribution in [0.3, 0.4) is 0 Å². The van der Waals surface area contributed by atoms with Crippen LogP contribution in [0.2, 0.25) is 0 Å². The molecule has 3 nitrogen and oxygen atoms in total. The maximum atomic E-state index is 5.69. The molecule has 0 saturated carbocycles. The Morgan fingerprint density at radius 3 is 2.43 bits per heavy atom. The summed E-state index contributed by atoms with van der Waals surface area (Å²) in [6, 6.07) is 16.3. The Kier molecular flexibility index (Phi) is 3.42. The van der Waals surface area contributed by atoms with Gasteiger partial charge in [-0.05, 0) is 37.6 Å². The van der Waals surface area contributed by atoms with Crippen molar-refractivity contribution in [1.82, 2.24) is 0 Å². The van der Waals surface area contributed by atoms with Crippen molar-refractivity contribution >= 4 is 5.90 Å². The number of hydrogen-bond donors (Lipinski definition) is 0. The van der Waals surface area contributed by atoms with E-state index in [4.69, 9.17) is 9.47 Å². The van der Waals surface area contributed by atoms with E-state index in [9.17, 15) is 0 Å². The number of ether oxygens (including phenoxy) is 2. The minimum atomic E-state index is -0.152. The Balaban J connectivity index is 2.01. The smallest absolute Gasteiger partial charge is 0.216 e. The largest absolute Gasteiger partial charge is 0.496 e. The van der Waals surface area contributed by atoms with E-state index in [0.717, 1.165) is 22.4 Å². The Hall–Kier alpha value is -2.29. The van der Waals surface area contributed by atoms with Crippen molar-refractivity contribution in [1.29, 1.82) is 0 Å². The molecule has 0 aromatic heterocycles. The standard InChI is InChI=1S/C18H19NO2/c1-18(2)12-21-17(19-18)14-9-10-15(16(11-14)20-3)13-7-5-4-6-8-13/h4-11H,12H2,1-3H3. The van der Waals surface area contributed by atoms with Crippen LogP contribution in [-0.4, -0.2) is 25.2 Å². The average Bonchev–Trinajstić information content (AvgIpc) is 2.87. The molecule has 108 valence electrons. The highest BCUT2D eigenvalue weighted by Crippen LogP contribution is 2.32. The van der Waals surface area contributed by atoms with Crippen molar-refractivity contribution in [2.45, 2.75) is 19.4 Å². The summed E-state index contributed by atoms with van der Waals surface area (Å²) >= 11 is 0. The van der Waals surface area contributed by atoms with E-state index in [1.54, 1.807) is 7.11 Å². The first-order valence-electron chi connectivity index (χ1n) is 7.05. The van der Waals surface area contributed by atoms with Gasteiger partial charge in [-0.2, -0.15) is 0 Å². The normalized spacial score (nSPS) is 16.2. The Morgan fingerprint density at radius 2 is 1.81 bits per heavy atom. The van der Waals surface area contributed by atoms with Crippen LogP contribution in [0.4, 0.5) is 0 Å². The van der Waals surface area contributed by atoms with Gasteiger partial charge in [0.2, 0.25) is 5.90 Å². The van der Waals surface area contributed by atoms with Crippen molar-refractivity contribution < 1.29 is 9.47 Å². The number of hydrogen-bond acceptors (Lipinski definition) is 3. The molecule has 2 aromatic rings. The lowest BCUT2D eigenvalue weighted by Gasteiger charge is -2.11. The molecule has 0 spiro atoms. The lowest BCUT2D eigenvalue weighted by molar-refractivity contribution is 0.279. The highest BCUT2D eigenvalue weighted by Gasteiger charge is 2.27. The van der Waals surface area contributed by atoms with E-state index < -0.39 is 0 Å². The van der Waals surface area contributed by atoms with Crippen LogP contribution < -0.4 is 4.74 Å². The van der Waals surface area contributed by atoms with Gasteiger partial charge in [-0.25, -0.2) is 4.99 Å². The third-order valence-electron chi connectivity index (χ3n) is 3.50. The van der Waals surface area contributed by atoms with Crippen LogP contribution in [0.5, 0.6) is 5.75 Å². The van der Waals surface area contributed by atoms with Crippen molar-refractivity contribution in [2.75, 3.05) is 13.7 Å². The van der Waals surface area contributed by atoms with E-state index in [2.05, 4.69) is 37.0 Å². The molecule has 0 unspecified atom stereocenters. The molecule has 21 heavy (non-hydrogen) atoms. The van der Waals surface area contributed by atoms with Gasteiger partial charge in [0.05, 0.1) is 12.6 Å². The summed E-state index contributed by atoms with van der Waals surface area (Å²) in [7, 11) is 1.69. The first-order chi connectivity index (χ1) is 10.1.